The Bertz CT molecular complexity index is 257. The highest BCUT2D eigenvalue weighted by molar-refractivity contribution is 5.89. The molecule has 0 saturated heterocycles. The molecular formula is C10H13ClO2. The monoisotopic (exact) mass is 200 g/mol. The molecular weight excluding hydrogens is 188 g/mol. The van der Waals surface area contributed by atoms with Crippen LogP contribution in [0.2, 0.25) is 0 Å². The van der Waals surface area contributed by atoms with Crippen molar-refractivity contribution in [3.05, 3.63) is 35.9 Å². The second-order valence-corrected chi connectivity index (χ2v) is 2.82. The maximum absolute atomic E-state index is 11.2. The summed E-state index contributed by atoms with van der Waals surface area (Å²) in [6.07, 6.45) is -0.0577. The topological polar surface area (TPSA) is 26.3 Å². The summed E-state index contributed by atoms with van der Waals surface area (Å²) in [6, 6.07) is 8.98. The van der Waals surface area contributed by atoms with E-state index in [4.69, 9.17) is 4.74 Å². The van der Waals surface area contributed by atoms with Crippen molar-refractivity contribution in [2.24, 2.45) is 0 Å². The first-order chi connectivity index (χ1) is 5.70. The van der Waals surface area contributed by atoms with Crippen molar-refractivity contribution in [2.75, 3.05) is 0 Å². The molecule has 0 heterocycles. The molecule has 13 heavy (non-hydrogen) atoms. The molecule has 0 aliphatic heterocycles. The normalized spacial score (nSPS) is 9.15. The number of esters is 1. The summed E-state index contributed by atoms with van der Waals surface area (Å²) in [7, 11) is 0. The van der Waals surface area contributed by atoms with Gasteiger partial charge in [0.25, 0.3) is 0 Å². The van der Waals surface area contributed by atoms with Gasteiger partial charge in [-0.05, 0) is 26.0 Å². The summed E-state index contributed by atoms with van der Waals surface area (Å²) in [6.45, 7) is 3.67. The van der Waals surface area contributed by atoms with Crippen LogP contribution in [0.3, 0.4) is 0 Å². The number of benzene rings is 1. The van der Waals surface area contributed by atoms with Crippen LogP contribution in [0.4, 0.5) is 0 Å². The van der Waals surface area contributed by atoms with Crippen LogP contribution >= 0.6 is 12.4 Å². The Balaban J connectivity index is 0.00000144. The fourth-order valence-corrected chi connectivity index (χ4v) is 0.856. The van der Waals surface area contributed by atoms with Gasteiger partial charge < -0.3 is 4.74 Å². The maximum atomic E-state index is 11.2. The minimum atomic E-state index is -0.259. The molecule has 0 saturated carbocycles. The summed E-state index contributed by atoms with van der Waals surface area (Å²) in [4.78, 5) is 11.2. The Morgan fingerprint density at radius 1 is 1.23 bits per heavy atom. The second-order valence-electron chi connectivity index (χ2n) is 2.82. The maximum Gasteiger partial charge on any atom is 0.338 e. The van der Waals surface area contributed by atoms with E-state index in [0.717, 1.165) is 0 Å². The predicted octanol–water partition coefficient (Wildman–Crippen LogP) is 2.67. The largest absolute Gasteiger partial charge is 0.459 e. The zero-order valence-electron chi connectivity index (χ0n) is 7.69. The third kappa shape index (κ3) is 3.95. The van der Waals surface area contributed by atoms with Gasteiger partial charge in [0, 0.05) is 0 Å². The van der Waals surface area contributed by atoms with Crippen LogP contribution in [-0.2, 0) is 4.74 Å². The van der Waals surface area contributed by atoms with Gasteiger partial charge in [-0.1, -0.05) is 18.2 Å². The van der Waals surface area contributed by atoms with Crippen LogP contribution in [-0.4, -0.2) is 12.1 Å². The third-order valence-corrected chi connectivity index (χ3v) is 1.35. The lowest BCUT2D eigenvalue weighted by molar-refractivity contribution is 0.0378. The average Bonchev–Trinajstić information content (AvgIpc) is 2.05. The molecule has 0 unspecified atom stereocenters. The molecule has 0 atom stereocenters. The molecule has 0 fully saturated rings. The van der Waals surface area contributed by atoms with E-state index in [1.807, 2.05) is 32.0 Å². The van der Waals surface area contributed by atoms with E-state index < -0.39 is 0 Å². The highest BCUT2D eigenvalue weighted by Crippen LogP contribution is 2.02. The van der Waals surface area contributed by atoms with Crippen molar-refractivity contribution in [2.45, 2.75) is 20.0 Å². The van der Waals surface area contributed by atoms with Crippen molar-refractivity contribution in [3.63, 3.8) is 0 Å². The summed E-state index contributed by atoms with van der Waals surface area (Å²) in [5, 5.41) is 0. The van der Waals surface area contributed by atoms with Crippen molar-refractivity contribution in [1.82, 2.24) is 0 Å². The Kier molecular flexibility index (Phi) is 5.16. The Morgan fingerprint density at radius 3 is 2.23 bits per heavy atom. The Labute approximate surface area is 84.3 Å². The van der Waals surface area contributed by atoms with Crippen molar-refractivity contribution >= 4 is 18.4 Å². The van der Waals surface area contributed by atoms with Crippen LogP contribution < -0.4 is 0 Å². The van der Waals surface area contributed by atoms with Gasteiger partial charge >= 0.3 is 5.97 Å². The molecule has 0 radical (unpaired) electrons. The van der Waals surface area contributed by atoms with E-state index in [1.165, 1.54) is 0 Å². The summed E-state index contributed by atoms with van der Waals surface area (Å²) >= 11 is 0. The van der Waals surface area contributed by atoms with E-state index >= 15 is 0 Å². The Morgan fingerprint density at radius 2 is 1.77 bits per heavy atom. The minimum Gasteiger partial charge on any atom is -0.459 e. The first-order valence-electron chi connectivity index (χ1n) is 3.96. The zero-order valence-corrected chi connectivity index (χ0v) is 8.51. The highest BCUT2D eigenvalue weighted by Gasteiger charge is 2.06. The molecule has 0 aliphatic rings. The molecule has 1 aromatic carbocycles. The molecule has 0 N–H and O–H groups in total. The summed E-state index contributed by atoms with van der Waals surface area (Å²) < 4.78 is 5.00. The van der Waals surface area contributed by atoms with Gasteiger partial charge in [0.15, 0.2) is 0 Å². The smallest absolute Gasteiger partial charge is 0.338 e. The molecule has 0 spiro atoms. The van der Waals surface area contributed by atoms with Crippen molar-refractivity contribution in [3.8, 4) is 0 Å². The van der Waals surface area contributed by atoms with Crippen LogP contribution in [0.25, 0.3) is 0 Å². The van der Waals surface area contributed by atoms with E-state index in [0.29, 0.717) is 5.56 Å². The van der Waals surface area contributed by atoms with E-state index in [9.17, 15) is 4.79 Å². The number of carbonyl (C=O) groups is 1. The molecule has 1 aromatic rings. The van der Waals surface area contributed by atoms with Gasteiger partial charge in [-0.2, -0.15) is 0 Å². The zero-order chi connectivity index (χ0) is 8.97. The lowest BCUT2D eigenvalue weighted by Gasteiger charge is -2.06. The average molecular weight is 201 g/mol. The van der Waals surface area contributed by atoms with Crippen LogP contribution in [0.1, 0.15) is 24.2 Å². The lowest BCUT2D eigenvalue weighted by Crippen LogP contribution is -2.11. The molecule has 72 valence electrons. The van der Waals surface area contributed by atoms with Gasteiger partial charge in [-0.3, -0.25) is 0 Å². The first-order valence-corrected chi connectivity index (χ1v) is 3.96. The van der Waals surface area contributed by atoms with Gasteiger partial charge in [0.1, 0.15) is 0 Å². The van der Waals surface area contributed by atoms with Gasteiger partial charge in [-0.15, -0.1) is 12.4 Å². The summed E-state index contributed by atoms with van der Waals surface area (Å²) in [5.41, 5.74) is 0.603. The Hall–Kier alpha value is -1.02. The molecule has 0 amide bonds. The fraction of sp³-hybridized carbons (Fsp3) is 0.300. The minimum absolute atomic E-state index is 0. The summed E-state index contributed by atoms with van der Waals surface area (Å²) in [5.74, 6) is -0.259. The molecule has 1 rings (SSSR count). The highest BCUT2D eigenvalue weighted by atomic mass is 35.5. The van der Waals surface area contributed by atoms with Crippen molar-refractivity contribution < 1.29 is 9.53 Å². The molecule has 2 nitrogen and oxygen atoms in total. The number of carbonyl (C=O) groups excluding carboxylic acids is 1. The number of hydrogen-bond donors (Lipinski definition) is 0. The number of rotatable bonds is 2. The molecule has 0 aliphatic carbocycles. The van der Waals surface area contributed by atoms with E-state index in [2.05, 4.69) is 0 Å². The quantitative estimate of drug-likeness (QED) is 0.687. The SMILES string of the molecule is CC(C)OC(=O)c1ccccc1.Cl. The van der Waals surface area contributed by atoms with Gasteiger partial charge in [0.2, 0.25) is 0 Å². The van der Waals surface area contributed by atoms with Gasteiger partial charge in [-0.25, -0.2) is 4.79 Å². The fourth-order valence-electron chi connectivity index (χ4n) is 0.856. The standard InChI is InChI=1S/C10H12O2.ClH/c1-8(2)12-10(11)9-6-4-3-5-7-9;/h3-8H,1-2H3;1H. The number of halogens is 1. The first kappa shape index (κ1) is 12.0. The molecule has 0 bridgehead atoms. The lowest BCUT2D eigenvalue weighted by atomic mass is 10.2. The van der Waals surface area contributed by atoms with E-state index in [1.54, 1.807) is 12.1 Å². The van der Waals surface area contributed by atoms with Crippen molar-refractivity contribution in [1.29, 1.82) is 0 Å². The number of ether oxygens (including phenoxy) is 1. The van der Waals surface area contributed by atoms with E-state index in [-0.39, 0.29) is 24.5 Å². The van der Waals surface area contributed by atoms with Crippen LogP contribution in [0, 0.1) is 0 Å². The third-order valence-electron chi connectivity index (χ3n) is 1.35. The van der Waals surface area contributed by atoms with Gasteiger partial charge in [0.05, 0.1) is 11.7 Å². The van der Waals surface area contributed by atoms with Crippen LogP contribution in [0.15, 0.2) is 30.3 Å². The molecule has 3 heteroatoms. The second kappa shape index (κ2) is 5.60. The van der Waals surface area contributed by atoms with Crippen LogP contribution in [0.5, 0.6) is 0 Å². The molecule has 0 aromatic heterocycles. The predicted molar refractivity (Wildman–Crippen MR) is 54.2 cm³/mol. The number of hydrogen-bond acceptors (Lipinski definition) is 2.